The normalized spacial score (nSPS) is 19.3. The fourth-order valence-corrected chi connectivity index (χ4v) is 4.07. The largest absolute Gasteiger partial charge is 0.478 e. The highest BCUT2D eigenvalue weighted by Crippen LogP contribution is 2.29. The Bertz CT molecular complexity index is 648. The summed E-state index contributed by atoms with van der Waals surface area (Å²) < 4.78 is 0. The SMILES string of the molecule is CCC(=O)Nc1ccc(N2CCC(N3CCCCC3)CC2)c(C(=O)O)c1. The van der Waals surface area contributed by atoms with Gasteiger partial charge in [-0.05, 0) is 57.0 Å². The molecule has 2 heterocycles. The quantitative estimate of drug-likeness (QED) is 0.845. The minimum absolute atomic E-state index is 0.114. The number of anilines is 2. The number of nitrogens with zero attached hydrogens (tertiary/aromatic N) is 2. The van der Waals surface area contributed by atoms with Gasteiger partial charge in [0.25, 0.3) is 0 Å². The Labute approximate surface area is 155 Å². The van der Waals surface area contributed by atoms with E-state index in [0.29, 0.717) is 18.2 Å². The van der Waals surface area contributed by atoms with Gasteiger partial charge >= 0.3 is 5.97 Å². The first-order valence-corrected chi connectivity index (χ1v) is 9.74. The number of rotatable bonds is 5. The van der Waals surface area contributed by atoms with Gasteiger partial charge in [0.15, 0.2) is 0 Å². The summed E-state index contributed by atoms with van der Waals surface area (Å²) in [5.41, 5.74) is 1.56. The number of hydrogen-bond acceptors (Lipinski definition) is 4. The summed E-state index contributed by atoms with van der Waals surface area (Å²) in [6.45, 7) is 5.94. The lowest BCUT2D eigenvalue weighted by atomic mass is 9.98. The first kappa shape index (κ1) is 18.7. The van der Waals surface area contributed by atoms with Crippen molar-refractivity contribution in [3.63, 3.8) is 0 Å². The molecule has 2 aliphatic rings. The molecule has 0 atom stereocenters. The van der Waals surface area contributed by atoms with Crippen LogP contribution < -0.4 is 10.2 Å². The lowest BCUT2D eigenvalue weighted by molar-refractivity contribution is -0.115. The molecule has 2 saturated heterocycles. The molecule has 0 aromatic heterocycles. The van der Waals surface area contributed by atoms with Crippen LogP contribution in [-0.4, -0.2) is 54.1 Å². The van der Waals surface area contributed by atoms with E-state index >= 15 is 0 Å². The summed E-state index contributed by atoms with van der Waals surface area (Å²) in [6, 6.07) is 5.83. The number of carboxylic acid groups (broad SMARTS) is 1. The van der Waals surface area contributed by atoms with Crippen molar-refractivity contribution < 1.29 is 14.7 Å². The highest BCUT2D eigenvalue weighted by molar-refractivity contribution is 5.98. The van der Waals surface area contributed by atoms with E-state index in [0.717, 1.165) is 31.6 Å². The molecule has 6 nitrogen and oxygen atoms in total. The van der Waals surface area contributed by atoms with Gasteiger partial charge in [0.05, 0.1) is 11.3 Å². The number of aromatic carboxylic acids is 1. The Hall–Kier alpha value is -2.08. The number of piperidine rings is 2. The topological polar surface area (TPSA) is 72.9 Å². The molecule has 2 fully saturated rings. The van der Waals surface area contributed by atoms with Crippen LogP contribution >= 0.6 is 0 Å². The smallest absolute Gasteiger partial charge is 0.337 e. The Kier molecular flexibility index (Phi) is 6.14. The molecule has 1 amide bonds. The average molecular weight is 359 g/mol. The van der Waals surface area contributed by atoms with E-state index in [-0.39, 0.29) is 11.5 Å². The summed E-state index contributed by atoms with van der Waals surface area (Å²) in [7, 11) is 0. The predicted octanol–water partition coefficient (Wildman–Crippen LogP) is 3.19. The third-order valence-corrected chi connectivity index (χ3v) is 5.54. The third-order valence-electron chi connectivity index (χ3n) is 5.54. The van der Waals surface area contributed by atoms with E-state index in [1.807, 2.05) is 6.07 Å². The van der Waals surface area contributed by atoms with Gasteiger partial charge in [-0.1, -0.05) is 13.3 Å². The first-order valence-electron chi connectivity index (χ1n) is 9.74. The molecular weight excluding hydrogens is 330 g/mol. The van der Waals surface area contributed by atoms with Gasteiger partial charge < -0.3 is 20.2 Å². The lowest BCUT2D eigenvalue weighted by Crippen LogP contribution is -2.47. The molecule has 2 aliphatic heterocycles. The number of carboxylic acids is 1. The van der Waals surface area contributed by atoms with Crippen LogP contribution in [0.2, 0.25) is 0 Å². The maximum absolute atomic E-state index is 11.7. The molecule has 0 saturated carbocycles. The molecular formula is C20H29N3O3. The number of likely N-dealkylation sites (tertiary alicyclic amines) is 1. The third kappa shape index (κ3) is 4.36. The van der Waals surface area contributed by atoms with Crippen molar-refractivity contribution in [2.75, 3.05) is 36.4 Å². The summed E-state index contributed by atoms with van der Waals surface area (Å²) in [4.78, 5) is 28.1. The van der Waals surface area contributed by atoms with Crippen LogP contribution in [0.25, 0.3) is 0 Å². The van der Waals surface area contributed by atoms with Crippen molar-refractivity contribution in [3.05, 3.63) is 23.8 Å². The number of hydrogen-bond donors (Lipinski definition) is 2. The number of amides is 1. The van der Waals surface area contributed by atoms with E-state index in [1.165, 1.54) is 32.4 Å². The Morgan fingerprint density at radius 1 is 1.12 bits per heavy atom. The van der Waals surface area contributed by atoms with Gasteiger partial charge in [0, 0.05) is 31.2 Å². The standard InChI is InChI=1S/C20H29N3O3/c1-2-19(24)21-15-6-7-18(17(14-15)20(25)26)23-12-8-16(9-13-23)22-10-4-3-5-11-22/h6-7,14,16H,2-5,8-13H2,1H3,(H,21,24)(H,25,26). The monoisotopic (exact) mass is 359 g/mol. The van der Waals surface area contributed by atoms with E-state index in [9.17, 15) is 14.7 Å². The van der Waals surface area contributed by atoms with Gasteiger partial charge in [-0.2, -0.15) is 0 Å². The minimum Gasteiger partial charge on any atom is -0.478 e. The second kappa shape index (κ2) is 8.54. The predicted molar refractivity (Wildman–Crippen MR) is 103 cm³/mol. The molecule has 0 unspecified atom stereocenters. The fraction of sp³-hybridized carbons (Fsp3) is 0.600. The second-order valence-corrected chi connectivity index (χ2v) is 7.25. The van der Waals surface area contributed by atoms with Gasteiger partial charge in [0.1, 0.15) is 0 Å². The maximum Gasteiger partial charge on any atom is 0.337 e. The van der Waals surface area contributed by atoms with Crippen LogP contribution in [0.1, 0.15) is 55.8 Å². The molecule has 0 spiro atoms. The van der Waals surface area contributed by atoms with Crippen LogP contribution in [0.5, 0.6) is 0 Å². The summed E-state index contributed by atoms with van der Waals surface area (Å²) in [5, 5.41) is 12.4. The van der Waals surface area contributed by atoms with Crippen LogP contribution in [0.4, 0.5) is 11.4 Å². The number of carbonyl (C=O) groups excluding carboxylic acids is 1. The molecule has 1 aromatic rings. The van der Waals surface area contributed by atoms with E-state index in [2.05, 4.69) is 15.1 Å². The summed E-state index contributed by atoms with van der Waals surface area (Å²) in [6.07, 6.45) is 6.47. The molecule has 142 valence electrons. The highest BCUT2D eigenvalue weighted by Gasteiger charge is 2.27. The van der Waals surface area contributed by atoms with Crippen molar-refractivity contribution in [2.45, 2.75) is 51.5 Å². The zero-order valence-corrected chi connectivity index (χ0v) is 15.5. The van der Waals surface area contributed by atoms with Gasteiger partial charge in [0.2, 0.25) is 5.91 Å². The maximum atomic E-state index is 11.7. The van der Waals surface area contributed by atoms with Crippen molar-refractivity contribution >= 4 is 23.3 Å². The molecule has 26 heavy (non-hydrogen) atoms. The van der Waals surface area contributed by atoms with E-state index in [4.69, 9.17) is 0 Å². The van der Waals surface area contributed by atoms with Gasteiger partial charge in [-0.15, -0.1) is 0 Å². The molecule has 1 aromatic carbocycles. The first-order chi connectivity index (χ1) is 12.6. The van der Waals surface area contributed by atoms with E-state index in [1.54, 1.807) is 19.1 Å². The molecule has 0 radical (unpaired) electrons. The van der Waals surface area contributed by atoms with Crippen LogP contribution in [0.3, 0.4) is 0 Å². The van der Waals surface area contributed by atoms with Crippen molar-refractivity contribution in [3.8, 4) is 0 Å². The van der Waals surface area contributed by atoms with Crippen LogP contribution in [0, 0.1) is 0 Å². The summed E-state index contributed by atoms with van der Waals surface area (Å²) in [5.74, 6) is -1.07. The molecule has 0 aliphatic carbocycles. The Morgan fingerprint density at radius 3 is 2.42 bits per heavy atom. The van der Waals surface area contributed by atoms with Crippen LogP contribution in [0.15, 0.2) is 18.2 Å². The second-order valence-electron chi connectivity index (χ2n) is 7.25. The lowest BCUT2D eigenvalue weighted by Gasteiger charge is -2.41. The number of benzene rings is 1. The highest BCUT2D eigenvalue weighted by atomic mass is 16.4. The van der Waals surface area contributed by atoms with E-state index < -0.39 is 5.97 Å². The zero-order chi connectivity index (χ0) is 18.5. The van der Waals surface area contributed by atoms with Gasteiger partial charge in [-0.3, -0.25) is 4.79 Å². The van der Waals surface area contributed by atoms with Gasteiger partial charge in [-0.25, -0.2) is 4.79 Å². The van der Waals surface area contributed by atoms with Crippen LogP contribution in [-0.2, 0) is 4.79 Å². The Morgan fingerprint density at radius 2 is 1.81 bits per heavy atom. The summed E-state index contributed by atoms with van der Waals surface area (Å²) >= 11 is 0. The zero-order valence-electron chi connectivity index (χ0n) is 15.5. The van der Waals surface area contributed by atoms with Crippen molar-refractivity contribution in [1.82, 2.24) is 4.90 Å². The van der Waals surface area contributed by atoms with Crippen molar-refractivity contribution in [2.24, 2.45) is 0 Å². The number of carbonyl (C=O) groups is 2. The molecule has 2 N–H and O–H groups in total. The minimum atomic E-state index is -0.953. The average Bonchev–Trinajstić information content (AvgIpc) is 2.68. The van der Waals surface area contributed by atoms with Crippen molar-refractivity contribution in [1.29, 1.82) is 0 Å². The molecule has 6 heteroatoms. The fourth-order valence-electron chi connectivity index (χ4n) is 4.07. The molecule has 3 rings (SSSR count). The Balaban J connectivity index is 1.68. The molecule has 0 bridgehead atoms. The number of nitrogens with one attached hydrogen (secondary N) is 1.